The summed E-state index contributed by atoms with van der Waals surface area (Å²) < 4.78 is 0. The van der Waals surface area contributed by atoms with Crippen LogP contribution in [0.15, 0.2) is 42.5 Å². The van der Waals surface area contributed by atoms with Crippen LogP contribution in [0.2, 0.25) is 10.0 Å². The van der Waals surface area contributed by atoms with Gasteiger partial charge in [-0.1, -0.05) is 47.5 Å². The van der Waals surface area contributed by atoms with Gasteiger partial charge in [0.1, 0.15) is 0 Å². The van der Waals surface area contributed by atoms with Crippen LogP contribution in [-0.4, -0.2) is 17.4 Å². The van der Waals surface area contributed by atoms with Crippen LogP contribution in [-0.2, 0) is 13.0 Å². The Morgan fingerprint density at radius 2 is 1.85 bits per heavy atom. The summed E-state index contributed by atoms with van der Waals surface area (Å²) in [5.41, 5.74) is 2.92. The number of rotatable bonds is 2. The molecule has 3 rings (SSSR count). The number of halogens is 2. The standard InChI is InChI=1S/C16H13Cl2NO/c17-14-6-5-11(9-15(14)18)10-19-8-7-12-3-1-2-4-13(12)16(19)20/h1-6,9H,7-8,10H2. The molecule has 1 amide bonds. The van der Waals surface area contributed by atoms with Gasteiger partial charge in [0.15, 0.2) is 0 Å². The Labute approximate surface area is 127 Å². The van der Waals surface area contributed by atoms with Gasteiger partial charge in [-0.2, -0.15) is 0 Å². The molecule has 2 nitrogen and oxygen atoms in total. The number of benzene rings is 2. The average molecular weight is 306 g/mol. The number of carbonyl (C=O) groups is 1. The molecule has 1 aliphatic rings. The van der Waals surface area contributed by atoms with E-state index in [4.69, 9.17) is 23.2 Å². The third kappa shape index (κ3) is 2.54. The van der Waals surface area contributed by atoms with Crippen molar-refractivity contribution in [3.05, 3.63) is 69.2 Å². The Kier molecular flexibility index (Phi) is 3.68. The van der Waals surface area contributed by atoms with Gasteiger partial charge in [-0.3, -0.25) is 4.79 Å². The van der Waals surface area contributed by atoms with Gasteiger partial charge in [-0.15, -0.1) is 0 Å². The molecule has 4 heteroatoms. The zero-order valence-electron chi connectivity index (χ0n) is 10.8. The van der Waals surface area contributed by atoms with E-state index in [2.05, 4.69) is 0 Å². The van der Waals surface area contributed by atoms with Crippen molar-refractivity contribution in [3.63, 3.8) is 0 Å². The van der Waals surface area contributed by atoms with Gasteiger partial charge < -0.3 is 4.90 Å². The SMILES string of the molecule is O=C1c2ccccc2CCN1Cc1ccc(Cl)c(Cl)c1. The Hall–Kier alpha value is -1.51. The summed E-state index contributed by atoms with van der Waals surface area (Å²) in [5, 5.41) is 1.06. The first-order valence-electron chi connectivity index (χ1n) is 6.46. The molecular weight excluding hydrogens is 293 g/mol. The molecule has 0 unspecified atom stereocenters. The molecule has 0 fully saturated rings. The molecule has 20 heavy (non-hydrogen) atoms. The number of amides is 1. The highest BCUT2D eigenvalue weighted by Gasteiger charge is 2.23. The van der Waals surface area contributed by atoms with Gasteiger partial charge in [-0.05, 0) is 35.7 Å². The highest BCUT2D eigenvalue weighted by atomic mass is 35.5. The molecule has 0 bridgehead atoms. The third-order valence-electron chi connectivity index (χ3n) is 3.54. The largest absolute Gasteiger partial charge is 0.334 e. The highest BCUT2D eigenvalue weighted by molar-refractivity contribution is 6.42. The van der Waals surface area contributed by atoms with Crippen molar-refractivity contribution in [2.75, 3.05) is 6.54 Å². The van der Waals surface area contributed by atoms with Crippen LogP contribution in [0, 0.1) is 0 Å². The minimum Gasteiger partial charge on any atom is -0.334 e. The van der Waals surface area contributed by atoms with Crippen molar-refractivity contribution in [1.29, 1.82) is 0 Å². The Morgan fingerprint density at radius 3 is 2.65 bits per heavy atom. The lowest BCUT2D eigenvalue weighted by molar-refractivity contribution is 0.0727. The minimum absolute atomic E-state index is 0.0814. The normalized spacial score (nSPS) is 14.3. The minimum atomic E-state index is 0.0814. The molecule has 0 spiro atoms. The Morgan fingerprint density at radius 1 is 1.05 bits per heavy atom. The second kappa shape index (κ2) is 5.47. The number of hydrogen-bond donors (Lipinski definition) is 0. The van der Waals surface area contributed by atoms with E-state index in [1.807, 2.05) is 41.3 Å². The van der Waals surface area contributed by atoms with Crippen LogP contribution in [0.5, 0.6) is 0 Å². The van der Waals surface area contributed by atoms with Crippen LogP contribution in [0.4, 0.5) is 0 Å². The van der Waals surface area contributed by atoms with Crippen molar-refractivity contribution < 1.29 is 4.79 Å². The second-order valence-corrected chi connectivity index (χ2v) is 5.70. The molecule has 0 aliphatic carbocycles. The molecule has 0 saturated heterocycles. The molecule has 0 radical (unpaired) electrons. The molecule has 2 aromatic rings. The monoisotopic (exact) mass is 305 g/mol. The number of hydrogen-bond acceptors (Lipinski definition) is 1. The Bertz CT molecular complexity index is 669. The number of nitrogens with zero attached hydrogens (tertiary/aromatic N) is 1. The van der Waals surface area contributed by atoms with E-state index < -0.39 is 0 Å². The van der Waals surface area contributed by atoms with E-state index in [9.17, 15) is 4.79 Å². The highest BCUT2D eigenvalue weighted by Crippen LogP contribution is 2.25. The first kappa shape index (κ1) is 13.5. The second-order valence-electron chi connectivity index (χ2n) is 4.88. The van der Waals surface area contributed by atoms with Gasteiger partial charge in [0.2, 0.25) is 0 Å². The summed E-state index contributed by atoms with van der Waals surface area (Å²) in [6, 6.07) is 13.3. The zero-order valence-corrected chi connectivity index (χ0v) is 12.3. The predicted octanol–water partition coefficient (Wildman–Crippen LogP) is 4.19. The van der Waals surface area contributed by atoms with E-state index in [1.54, 1.807) is 6.07 Å². The molecule has 0 N–H and O–H groups in total. The summed E-state index contributed by atoms with van der Waals surface area (Å²) in [6.45, 7) is 1.29. The lowest BCUT2D eigenvalue weighted by Crippen LogP contribution is -2.36. The summed E-state index contributed by atoms with van der Waals surface area (Å²) >= 11 is 11.9. The van der Waals surface area contributed by atoms with Crippen molar-refractivity contribution in [2.24, 2.45) is 0 Å². The Balaban J connectivity index is 1.83. The first-order valence-corrected chi connectivity index (χ1v) is 7.22. The molecule has 0 aromatic heterocycles. The maximum atomic E-state index is 12.4. The lowest BCUT2D eigenvalue weighted by atomic mass is 9.99. The molecule has 1 heterocycles. The van der Waals surface area contributed by atoms with Crippen LogP contribution < -0.4 is 0 Å². The first-order chi connectivity index (χ1) is 9.65. The maximum Gasteiger partial charge on any atom is 0.254 e. The van der Waals surface area contributed by atoms with Crippen molar-refractivity contribution >= 4 is 29.1 Å². The summed E-state index contributed by atoms with van der Waals surface area (Å²) in [6.07, 6.45) is 0.892. The van der Waals surface area contributed by atoms with Crippen LogP contribution in [0.1, 0.15) is 21.5 Å². The quantitative estimate of drug-likeness (QED) is 0.814. The van der Waals surface area contributed by atoms with Crippen molar-refractivity contribution in [3.8, 4) is 0 Å². The molecule has 2 aromatic carbocycles. The van der Waals surface area contributed by atoms with Gasteiger partial charge in [-0.25, -0.2) is 0 Å². The van der Waals surface area contributed by atoms with Crippen LogP contribution in [0.25, 0.3) is 0 Å². The van der Waals surface area contributed by atoms with E-state index >= 15 is 0 Å². The van der Waals surface area contributed by atoms with Crippen LogP contribution in [0.3, 0.4) is 0 Å². The molecule has 0 atom stereocenters. The predicted molar refractivity (Wildman–Crippen MR) is 81.3 cm³/mol. The molecule has 1 aliphatic heterocycles. The zero-order chi connectivity index (χ0) is 14.1. The average Bonchev–Trinajstić information content (AvgIpc) is 2.46. The summed E-state index contributed by atoms with van der Waals surface area (Å²) in [5.74, 6) is 0.0814. The number of carbonyl (C=O) groups excluding carboxylic acids is 1. The van der Waals surface area contributed by atoms with Gasteiger partial charge >= 0.3 is 0 Å². The van der Waals surface area contributed by atoms with Gasteiger partial charge in [0, 0.05) is 18.7 Å². The van der Waals surface area contributed by atoms with Crippen molar-refractivity contribution in [1.82, 2.24) is 4.90 Å². The summed E-state index contributed by atoms with van der Waals surface area (Å²) in [4.78, 5) is 14.3. The summed E-state index contributed by atoms with van der Waals surface area (Å²) in [7, 11) is 0. The van der Waals surface area contributed by atoms with Gasteiger partial charge in [0.05, 0.1) is 10.0 Å². The lowest BCUT2D eigenvalue weighted by Gasteiger charge is -2.28. The van der Waals surface area contributed by atoms with Crippen molar-refractivity contribution in [2.45, 2.75) is 13.0 Å². The van der Waals surface area contributed by atoms with Crippen LogP contribution >= 0.6 is 23.2 Å². The third-order valence-corrected chi connectivity index (χ3v) is 4.28. The fraction of sp³-hybridized carbons (Fsp3) is 0.188. The fourth-order valence-electron chi connectivity index (χ4n) is 2.48. The molecule has 102 valence electrons. The van der Waals surface area contributed by atoms with E-state index in [1.165, 1.54) is 0 Å². The van der Waals surface area contributed by atoms with E-state index in [-0.39, 0.29) is 5.91 Å². The van der Waals surface area contributed by atoms with E-state index in [0.717, 1.165) is 29.7 Å². The molecule has 0 saturated carbocycles. The van der Waals surface area contributed by atoms with Gasteiger partial charge in [0.25, 0.3) is 5.91 Å². The topological polar surface area (TPSA) is 20.3 Å². The number of fused-ring (bicyclic) bond motifs is 1. The molecular formula is C16H13Cl2NO. The maximum absolute atomic E-state index is 12.4. The smallest absolute Gasteiger partial charge is 0.254 e. The fourth-order valence-corrected chi connectivity index (χ4v) is 2.80. The van der Waals surface area contributed by atoms with E-state index in [0.29, 0.717) is 16.6 Å².